The van der Waals surface area contributed by atoms with Crippen LogP contribution in [-0.2, 0) is 53.0 Å². The number of halogens is 1. The molecule has 6 aromatic rings. The average Bonchev–Trinajstić information content (AvgIpc) is 4.17. The van der Waals surface area contributed by atoms with Gasteiger partial charge in [-0.1, -0.05) is 42.1 Å². The number of amides is 2. The second-order valence-corrected chi connectivity index (χ2v) is 20.3. The van der Waals surface area contributed by atoms with E-state index in [0.29, 0.717) is 44.8 Å². The fraction of sp³-hybridized carbons (Fsp3) is 0.500. The standard InChI is InChI=1S/C40H47BrN12O15P2S/c41-37-46-25-31(52(37)35-27(56)29-21(65-35)16-63-69(60)67-29)48-38(42)50(33(25)58)12-4-9-23(54)43-10-5-13-62-14-6-11-44-24(55)18-71-40-47-26-32(53(40)36-28(57)30-22(66-36)17-64-70(61)68-30)49-39-45-20(15-51(39)34(26)59)19-7-2-1-3-8-19/h1-3,7-8,15,21-22,27-30,35-36,56-57,61,69H,4-6,9-14,16-18H2,(H2,42,48)(H,43,54)(H,44,55)(H,45,49)/t21?,22?,27?,28?,29-,30-,35-,36-,70?/m1/s1. The monoisotopic (exact) mass is 1110 g/mol. The molecule has 2 amide bonds. The summed E-state index contributed by atoms with van der Waals surface area (Å²) >= 11 is 4.34. The van der Waals surface area contributed by atoms with Crippen molar-refractivity contribution in [3.8, 4) is 11.3 Å². The lowest BCUT2D eigenvalue weighted by molar-refractivity contribution is -0.121. The van der Waals surface area contributed by atoms with Crippen molar-refractivity contribution in [1.29, 1.82) is 0 Å². The smallest absolute Gasteiger partial charge is 0.330 e. The number of hydrogen-bond donors (Lipinski definition) is 7. The lowest BCUT2D eigenvalue weighted by atomic mass is 10.1. The number of nitrogens with zero attached hydrogens (tertiary/aromatic N) is 8. The predicted octanol–water partition coefficient (Wildman–Crippen LogP) is 0.848. The van der Waals surface area contributed by atoms with E-state index in [1.165, 1.54) is 18.1 Å². The second kappa shape index (κ2) is 21.4. The largest absolute Gasteiger partial charge is 0.386 e. The van der Waals surface area contributed by atoms with Crippen molar-refractivity contribution >= 4 is 90.4 Å². The van der Waals surface area contributed by atoms with Crippen molar-refractivity contribution in [1.82, 2.24) is 53.7 Å². The molecule has 0 bridgehead atoms. The molecule has 4 saturated heterocycles. The molecule has 4 aliphatic heterocycles. The molecule has 4 aliphatic rings. The molecule has 1 aromatic carbocycles. The quantitative estimate of drug-likeness (QED) is 0.0271. The van der Waals surface area contributed by atoms with Gasteiger partial charge in [0.2, 0.25) is 23.5 Å². The predicted molar refractivity (Wildman–Crippen MR) is 254 cm³/mol. The number of carbonyl (C=O) groups excluding carboxylic acids is 2. The Morgan fingerprint density at radius 1 is 0.915 bits per heavy atom. The van der Waals surface area contributed by atoms with E-state index < -0.39 is 77.1 Å². The minimum Gasteiger partial charge on any atom is -0.386 e. The molecule has 6 unspecified atom stereocenters. The Bertz CT molecular complexity index is 3100. The molecule has 0 radical (unpaired) electrons. The van der Waals surface area contributed by atoms with Crippen LogP contribution in [-0.4, -0.2) is 152 Å². The zero-order valence-electron chi connectivity index (χ0n) is 37.2. The molecule has 9 heterocycles. The van der Waals surface area contributed by atoms with Crippen LogP contribution in [0.15, 0.2) is 56.0 Å². The minimum absolute atomic E-state index is 0.00806. The first-order chi connectivity index (χ1) is 34.3. The van der Waals surface area contributed by atoms with Crippen LogP contribution in [0, 0.1) is 0 Å². The number of imidazole rings is 3. The molecule has 5 aromatic heterocycles. The number of aromatic amines is 1. The molecule has 27 nitrogen and oxygen atoms in total. The summed E-state index contributed by atoms with van der Waals surface area (Å²) in [5.74, 6) is -0.552. The third kappa shape index (κ3) is 10.2. The number of nitrogens with two attached hydrogens (primary N) is 1. The molecule has 71 heavy (non-hydrogen) atoms. The first-order valence-corrected chi connectivity index (χ1v) is 26.5. The Morgan fingerprint density at radius 2 is 1.61 bits per heavy atom. The lowest BCUT2D eigenvalue weighted by Crippen LogP contribution is -2.38. The van der Waals surface area contributed by atoms with Crippen LogP contribution in [0.1, 0.15) is 38.1 Å². The summed E-state index contributed by atoms with van der Waals surface area (Å²) < 4.78 is 56.1. The van der Waals surface area contributed by atoms with Crippen molar-refractivity contribution in [2.45, 2.75) is 86.5 Å². The van der Waals surface area contributed by atoms with Gasteiger partial charge in [-0.3, -0.25) is 37.4 Å². The Morgan fingerprint density at radius 3 is 2.38 bits per heavy atom. The molecular weight excluding hydrogens is 1060 g/mol. The number of aliphatic hydroxyl groups excluding tert-OH is 2. The number of aromatic nitrogens is 9. The Labute approximate surface area is 414 Å². The Balaban J connectivity index is 0.660. The summed E-state index contributed by atoms with van der Waals surface area (Å²) in [5, 5.41) is 28.1. The fourth-order valence-corrected chi connectivity index (χ4v) is 11.7. The number of carbonyl (C=O) groups is 2. The number of fused-ring (bicyclic) bond motifs is 5. The van der Waals surface area contributed by atoms with Crippen molar-refractivity contribution in [3.63, 3.8) is 0 Å². The molecule has 31 heteroatoms. The highest BCUT2D eigenvalue weighted by atomic mass is 79.9. The Hall–Kier alpha value is -4.71. The zero-order chi connectivity index (χ0) is 49.5. The number of thioether (sulfide) groups is 1. The van der Waals surface area contributed by atoms with E-state index >= 15 is 0 Å². The molecule has 8 N–H and O–H groups in total. The van der Waals surface area contributed by atoms with Crippen molar-refractivity contribution in [3.05, 3.63) is 62.0 Å². The number of hydrogen-bond acceptors (Lipinski definition) is 21. The van der Waals surface area contributed by atoms with Crippen LogP contribution in [0.4, 0.5) is 5.95 Å². The number of nitrogens with one attached hydrogen (secondary N) is 3. The van der Waals surface area contributed by atoms with Gasteiger partial charge in [-0.15, -0.1) is 0 Å². The van der Waals surface area contributed by atoms with Gasteiger partial charge in [0.15, 0.2) is 44.7 Å². The van der Waals surface area contributed by atoms with Crippen molar-refractivity contribution in [2.24, 2.45) is 0 Å². The third-order valence-electron chi connectivity index (χ3n) is 12.1. The molecule has 0 saturated carbocycles. The molecular formula is C40H47BrN12O15P2S. The second-order valence-electron chi connectivity index (χ2n) is 16.7. The summed E-state index contributed by atoms with van der Waals surface area (Å²) in [6.45, 7) is 1.38. The number of benzene rings is 1. The van der Waals surface area contributed by atoms with Gasteiger partial charge < -0.3 is 68.8 Å². The Kier molecular flexibility index (Phi) is 15.0. The van der Waals surface area contributed by atoms with Gasteiger partial charge in [-0.25, -0.2) is 14.4 Å². The van der Waals surface area contributed by atoms with Crippen LogP contribution in [0.2, 0.25) is 0 Å². The number of H-pyrrole nitrogens is 1. The normalized spacial score (nSPS) is 26.3. The maximum atomic E-state index is 13.8. The number of aliphatic hydroxyl groups is 2. The van der Waals surface area contributed by atoms with Crippen LogP contribution in [0.5, 0.6) is 0 Å². The highest BCUT2D eigenvalue weighted by molar-refractivity contribution is 9.10. The van der Waals surface area contributed by atoms with Gasteiger partial charge >= 0.3 is 16.9 Å². The molecule has 0 aliphatic carbocycles. The van der Waals surface area contributed by atoms with E-state index in [2.05, 4.69) is 46.5 Å². The zero-order valence-corrected chi connectivity index (χ0v) is 41.5. The molecule has 380 valence electrons. The van der Waals surface area contributed by atoms with Gasteiger partial charge in [0.25, 0.3) is 11.1 Å². The lowest BCUT2D eigenvalue weighted by Gasteiger charge is -2.27. The van der Waals surface area contributed by atoms with E-state index in [9.17, 15) is 38.8 Å². The van der Waals surface area contributed by atoms with Crippen LogP contribution in [0.25, 0.3) is 39.4 Å². The SMILES string of the molecule is Nc1nc2c(nc(Br)n2[C@@H]2OC3CO[PH](=O)O[C@H]3C2O)c(=O)n1CCCC(=O)NCCCOCCCNC(=O)CSc1nc2c(=O)n3cc(-c4ccccc4)[nH]c3nc2n1[C@@H]1OC2COP(O)O[C@H]2C1O. The van der Waals surface area contributed by atoms with E-state index in [-0.39, 0.29) is 94.1 Å². The molecule has 10 rings (SSSR count). The highest BCUT2D eigenvalue weighted by Crippen LogP contribution is 2.48. The number of rotatable bonds is 18. The first kappa shape index (κ1) is 49.9. The van der Waals surface area contributed by atoms with Gasteiger partial charge in [-0.2, -0.15) is 9.97 Å². The average molecular weight is 1110 g/mol. The number of anilines is 1. The maximum absolute atomic E-state index is 13.8. The van der Waals surface area contributed by atoms with E-state index in [4.69, 9.17) is 43.0 Å². The molecule has 10 atom stereocenters. The van der Waals surface area contributed by atoms with E-state index in [1.54, 1.807) is 6.20 Å². The van der Waals surface area contributed by atoms with Crippen LogP contribution < -0.4 is 27.5 Å². The summed E-state index contributed by atoms with van der Waals surface area (Å²) in [5.41, 5.74) is 6.77. The summed E-state index contributed by atoms with van der Waals surface area (Å²) in [4.78, 5) is 84.0. The van der Waals surface area contributed by atoms with Crippen LogP contribution >= 0.6 is 44.5 Å². The highest BCUT2D eigenvalue weighted by Gasteiger charge is 2.52. The summed E-state index contributed by atoms with van der Waals surface area (Å²) in [7, 11) is -4.99. The fourth-order valence-electron chi connectivity index (χ4n) is 8.64. The number of ether oxygens (including phenoxy) is 3. The van der Waals surface area contributed by atoms with Gasteiger partial charge in [0, 0.05) is 45.5 Å². The maximum Gasteiger partial charge on any atom is 0.330 e. The van der Waals surface area contributed by atoms with Gasteiger partial charge in [0.1, 0.15) is 36.6 Å². The first-order valence-electron chi connectivity index (χ1n) is 22.4. The molecule has 4 fully saturated rings. The van der Waals surface area contributed by atoms with E-state index in [1.807, 2.05) is 30.3 Å². The minimum atomic E-state index is -2.78. The van der Waals surface area contributed by atoms with Crippen molar-refractivity contribution in [2.75, 3.05) is 51.0 Å². The van der Waals surface area contributed by atoms with Gasteiger partial charge in [0.05, 0.1) is 24.7 Å². The topological polar surface area (TPSA) is 347 Å². The summed E-state index contributed by atoms with van der Waals surface area (Å²) in [6.07, 6.45) is -4.99. The third-order valence-corrected chi connectivity index (χ3v) is 15.2. The van der Waals surface area contributed by atoms with Crippen molar-refractivity contribution < 1.29 is 61.6 Å². The van der Waals surface area contributed by atoms with Gasteiger partial charge in [-0.05, 0) is 40.8 Å². The number of nitrogen functional groups attached to an aromatic ring is 1. The van der Waals surface area contributed by atoms with Crippen LogP contribution in [0.3, 0.4) is 0 Å². The molecule has 0 spiro atoms. The summed E-state index contributed by atoms with van der Waals surface area (Å²) in [6, 6.07) is 9.40. The van der Waals surface area contributed by atoms with E-state index in [0.717, 1.165) is 17.3 Å².